The molecule has 1 aliphatic rings. The van der Waals surface area contributed by atoms with Gasteiger partial charge < -0.3 is 10.6 Å². The lowest BCUT2D eigenvalue weighted by Gasteiger charge is -2.21. The van der Waals surface area contributed by atoms with Gasteiger partial charge in [0.25, 0.3) is 5.91 Å². The number of carbonyl (C=O) groups is 2. The third-order valence-corrected chi connectivity index (χ3v) is 5.31. The normalized spacial score (nSPS) is 16.0. The van der Waals surface area contributed by atoms with E-state index in [2.05, 4.69) is 15.7 Å². The summed E-state index contributed by atoms with van der Waals surface area (Å²) in [5.74, 6) is -0.0140. The van der Waals surface area contributed by atoms with Crippen molar-refractivity contribution in [3.05, 3.63) is 47.3 Å². The standard InChI is InChI=1S/C21H28N4O2/c1-14-9-10-17(21(27)23-15(2)18-12-22-25(3)13-18)11-19(14)24-20(26)16-7-5-4-6-8-16/h9-13,15-16H,4-8H2,1-3H3,(H,23,27)(H,24,26). The van der Waals surface area contributed by atoms with Crippen molar-refractivity contribution in [2.45, 2.75) is 52.0 Å². The maximum Gasteiger partial charge on any atom is 0.251 e. The number of anilines is 1. The van der Waals surface area contributed by atoms with E-state index < -0.39 is 0 Å². The van der Waals surface area contributed by atoms with Gasteiger partial charge in [-0.3, -0.25) is 14.3 Å². The van der Waals surface area contributed by atoms with Gasteiger partial charge in [0.2, 0.25) is 5.91 Å². The fourth-order valence-electron chi connectivity index (χ4n) is 3.52. The molecule has 0 aliphatic heterocycles. The summed E-state index contributed by atoms with van der Waals surface area (Å²) in [5.41, 5.74) is 3.15. The Morgan fingerprint density at radius 1 is 1.22 bits per heavy atom. The van der Waals surface area contributed by atoms with Gasteiger partial charge in [-0.1, -0.05) is 25.3 Å². The molecule has 1 saturated carbocycles. The van der Waals surface area contributed by atoms with Gasteiger partial charge in [0.05, 0.1) is 12.2 Å². The van der Waals surface area contributed by atoms with Crippen LogP contribution in [0.1, 0.15) is 66.6 Å². The Bertz CT molecular complexity index is 821. The number of aryl methyl sites for hydroxylation is 2. The summed E-state index contributed by atoms with van der Waals surface area (Å²) >= 11 is 0. The maximum absolute atomic E-state index is 12.6. The molecule has 0 bridgehead atoms. The quantitative estimate of drug-likeness (QED) is 0.844. The highest BCUT2D eigenvalue weighted by atomic mass is 16.2. The van der Waals surface area contributed by atoms with Gasteiger partial charge in [-0.25, -0.2) is 0 Å². The molecular weight excluding hydrogens is 340 g/mol. The van der Waals surface area contributed by atoms with Gasteiger partial charge >= 0.3 is 0 Å². The number of rotatable bonds is 5. The van der Waals surface area contributed by atoms with Crippen molar-refractivity contribution >= 4 is 17.5 Å². The second-order valence-corrected chi connectivity index (χ2v) is 7.50. The van der Waals surface area contributed by atoms with Crippen LogP contribution < -0.4 is 10.6 Å². The molecule has 0 saturated heterocycles. The van der Waals surface area contributed by atoms with Crippen LogP contribution in [-0.2, 0) is 11.8 Å². The smallest absolute Gasteiger partial charge is 0.251 e. The van der Waals surface area contributed by atoms with Crippen LogP contribution >= 0.6 is 0 Å². The number of amides is 2. The van der Waals surface area contributed by atoms with Crippen molar-refractivity contribution in [3.8, 4) is 0 Å². The van der Waals surface area contributed by atoms with Gasteiger partial charge in [-0.05, 0) is 44.4 Å². The van der Waals surface area contributed by atoms with Crippen LogP contribution in [0, 0.1) is 12.8 Å². The molecule has 1 aliphatic carbocycles. The van der Waals surface area contributed by atoms with Crippen LogP contribution in [0.25, 0.3) is 0 Å². The molecule has 27 heavy (non-hydrogen) atoms. The minimum absolute atomic E-state index is 0.0686. The predicted molar refractivity (Wildman–Crippen MR) is 105 cm³/mol. The predicted octanol–water partition coefficient (Wildman–Crippen LogP) is 3.74. The lowest BCUT2D eigenvalue weighted by molar-refractivity contribution is -0.120. The van der Waals surface area contributed by atoms with Gasteiger partial charge in [0, 0.05) is 36.0 Å². The van der Waals surface area contributed by atoms with E-state index in [9.17, 15) is 9.59 Å². The summed E-state index contributed by atoms with van der Waals surface area (Å²) < 4.78 is 1.71. The number of nitrogens with one attached hydrogen (secondary N) is 2. The zero-order valence-electron chi connectivity index (χ0n) is 16.3. The van der Waals surface area contributed by atoms with Crippen LogP contribution in [0.15, 0.2) is 30.6 Å². The highest BCUT2D eigenvalue weighted by Crippen LogP contribution is 2.26. The Balaban J connectivity index is 1.68. The first-order valence-electron chi connectivity index (χ1n) is 9.65. The second kappa shape index (κ2) is 8.37. The Morgan fingerprint density at radius 3 is 2.63 bits per heavy atom. The van der Waals surface area contributed by atoms with Crippen molar-refractivity contribution < 1.29 is 9.59 Å². The SMILES string of the molecule is Cc1ccc(C(=O)NC(C)c2cnn(C)c2)cc1NC(=O)C1CCCCC1. The summed E-state index contributed by atoms with van der Waals surface area (Å²) in [4.78, 5) is 25.2. The Labute approximate surface area is 160 Å². The van der Waals surface area contributed by atoms with E-state index in [0.29, 0.717) is 11.3 Å². The van der Waals surface area contributed by atoms with E-state index in [4.69, 9.17) is 0 Å². The first kappa shape index (κ1) is 19.1. The molecule has 1 unspecified atom stereocenters. The monoisotopic (exact) mass is 368 g/mol. The summed E-state index contributed by atoms with van der Waals surface area (Å²) in [6.07, 6.45) is 8.98. The first-order valence-corrected chi connectivity index (χ1v) is 9.65. The molecule has 0 spiro atoms. The minimum atomic E-state index is -0.167. The lowest BCUT2D eigenvalue weighted by Crippen LogP contribution is -2.27. The van der Waals surface area contributed by atoms with E-state index in [-0.39, 0.29) is 23.8 Å². The van der Waals surface area contributed by atoms with Gasteiger partial charge in [0.1, 0.15) is 0 Å². The average molecular weight is 368 g/mol. The number of aromatic nitrogens is 2. The summed E-state index contributed by atoms with van der Waals surface area (Å²) in [6, 6.07) is 5.28. The van der Waals surface area contributed by atoms with E-state index in [0.717, 1.165) is 36.8 Å². The van der Waals surface area contributed by atoms with Gasteiger partial charge in [-0.2, -0.15) is 5.10 Å². The Kier molecular flexibility index (Phi) is 5.94. The highest BCUT2D eigenvalue weighted by Gasteiger charge is 2.22. The molecule has 2 N–H and O–H groups in total. The Hall–Kier alpha value is -2.63. The largest absolute Gasteiger partial charge is 0.345 e. The van der Waals surface area contributed by atoms with Crippen molar-refractivity contribution in [1.29, 1.82) is 0 Å². The molecule has 1 heterocycles. The molecule has 1 aromatic carbocycles. The van der Waals surface area contributed by atoms with Crippen LogP contribution in [0.3, 0.4) is 0 Å². The van der Waals surface area contributed by atoms with E-state index in [1.165, 1.54) is 6.42 Å². The minimum Gasteiger partial charge on any atom is -0.345 e. The molecule has 6 nitrogen and oxygen atoms in total. The van der Waals surface area contributed by atoms with Crippen molar-refractivity contribution in [3.63, 3.8) is 0 Å². The summed E-state index contributed by atoms with van der Waals surface area (Å²) in [7, 11) is 1.85. The molecular formula is C21H28N4O2. The van der Waals surface area contributed by atoms with Crippen LogP contribution in [0.5, 0.6) is 0 Å². The van der Waals surface area contributed by atoms with Crippen LogP contribution in [0.2, 0.25) is 0 Å². The first-order chi connectivity index (χ1) is 12.9. The summed E-state index contributed by atoms with van der Waals surface area (Å²) in [6.45, 7) is 3.87. The topological polar surface area (TPSA) is 76.0 Å². The van der Waals surface area contributed by atoms with Gasteiger partial charge in [-0.15, -0.1) is 0 Å². The van der Waals surface area contributed by atoms with E-state index in [1.54, 1.807) is 23.0 Å². The van der Waals surface area contributed by atoms with Crippen molar-refractivity contribution in [2.75, 3.05) is 5.32 Å². The lowest BCUT2D eigenvalue weighted by atomic mass is 9.88. The van der Waals surface area contributed by atoms with Crippen LogP contribution in [-0.4, -0.2) is 21.6 Å². The van der Waals surface area contributed by atoms with E-state index in [1.807, 2.05) is 33.2 Å². The van der Waals surface area contributed by atoms with Crippen molar-refractivity contribution in [1.82, 2.24) is 15.1 Å². The summed E-state index contributed by atoms with van der Waals surface area (Å²) in [5, 5.41) is 10.2. The van der Waals surface area contributed by atoms with Gasteiger partial charge in [0.15, 0.2) is 0 Å². The molecule has 2 aromatic rings. The number of hydrogen-bond acceptors (Lipinski definition) is 3. The fraction of sp³-hybridized carbons (Fsp3) is 0.476. The highest BCUT2D eigenvalue weighted by molar-refractivity contribution is 5.98. The molecule has 0 radical (unpaired) electrons. The molecule has 1 fully saturated rings. The molecule has 6 heteroatoms. The van der Waals surface area contributed by atoms with E-state index >= 15 is 0 Å². The average Bonchev–Trinajstić information content (AvgIpc) is 3.10. The van der Waals surface area contributed by atoms with Crippen LogP contribution in [0.4, 0.5) is 5.69 Å². The number of benzene rings is 1. The number of hydrogen-bond donors (Lipinski definition) is 2. The second-order valence-electron chi connectivity index (χ2n) is 7.50. The third kappa shape index (κ3) is 4.76. The molecule has 2 amide bonds. The zero-order valence-corrected chi connectivity index (χ0v) is 16.3. The Morgan fingerprint density at radius 2 is 1.96 bits per heavy atom. The fourth-order valence-corrected chi connectivity index (χ4v) is 3.52. The third-order valence-electron chi connectivity index (χ3n) is 5.31. The molecule has 1 atom stereocenters. The maximum atomic E-state index is 12.6. The number of carbonyl (C=O) groups excluding carboxylic acids is 2. The number of nitrogens with zero attached hydrogens (tertiary/aromatic N) is 2. The molecule has 144 valence electrons. The zero-order chi connectivity index (χ0) is 19.4. The van der Waals surface area contributed by atoms with Crippen molar-refractivity contribution in [2.24, 2.45) is 13.0 Å². The molecule has 3 rings (SSSR count). The molecule has 1 aromatic heterocycles.